The van der Waals surface area contributed by atoms with Crippen molar-refractivity contribution in [2.24, 2.45) is 0 Å². The topological polar surface area (TPSA) is 103 Å². The number of benzene rings is 2. The number of aromatic amines is 1. The van der Waals surface area contributed by atoms with Gasteiger partial charge in [0.25, 0.3) is 5.91 Å². The van der Waals surface area contributed by atoms with E-state index < -0.39 is 5.82 Å². The molecule has 182 valence electrons. The molecule has 1 aliphatic heterocycles. The number of ether oxygens (including phenoxy) is 3. The maximum Gasteiger partial charge on any atom is 0.253 e. The molecule has 35 heavy (non-hydrogen) atoms. The Morgan fingerprint density at radius 1 is 1.14 bits per heavy atom. The monoisotopic (exact) mass is 480 g/mol. The Morgan fingerprint density at radius 2 is 2.00 bits per heavy atom. The highest BCUT2D eigenvalue weighted by atomic mass is 19.1. The summed E-state index contributed by atoms with van der Waals surface area (Å²) >= 11 is 0. The van der Waals surface area contributed by atoms with Crippen LogP contribution in [0.1, 0.15) is 16.8 Å². The number of fused-ring (bicyclic) bond motifs is 1. The van der Waals surface area contributed by atoms with Crippen LogP contribution in [0.25, 0.3) is 33.6 Å². The second-order valence-electron chi connectivity index (χ2n) is 8.15. The Labute approximate surface area is 200 Å². The van der Waals surface area contributed by atoms with Crippen molar-refractivity contribution in [3.05, 3.63) is 53.8 Å². The summed E-state index contributed by atoms with van der Waals surface area (Å²) in [5.74, 6) is -0.0144. The lowest BCUT2D eigenvalue weighted by Gasteiger charge is -2.19. The van der Waals surface area contributed by atoms with Crippen molar-refractivity contribution in [3.8, 4) is 28.5 Å². The third-order valence-electron chi connectivity index (χ3n) is 5.84. The van der Waals surface area contributed by atoms with Crippen LogP contribution in [0.15, 0.2) is 47.0 Å². The molecule has 1 saturated heterocycles. The number of carbonyl (C=O) groups excluding carboxylic acids is 1. The van der Waals surface area contributed by atoms with Crippen molar-refractivity contribution in [2.75, 3.05) is 46.6 Å². The highest BCUT2D eigenvalue weighted by molar-refractivity contribution is 5.95. The van der Waals surface area contributed by atoms with E-state index in [9.17, 15) is 9.18 Å². The fraction of sp³-hybridized carbons (Fsp3) is 0.320. The number of hydrogen-bond donors (Lipinski definition) is 1. The van der Waals surface area contributed by atoms with Crippen molar-refractivity contribution in [3.63, 3.8) is 0 Å². The van der Waals surface area contributed by atoms with Crippen LogP contribution in [0.4, 0.5) is 4.39 Å². The summed E-state index contributed by atoms with van der Waals surface area (Å²) in [4.78, 5) is 14.6. The first-order valence-corrected chi connectivity index (χ1v) is 11.4. The normalized spacial score (nSPS) is 14.3. The van der Waals surface area contributed by atoms with Gasteiger partial charge in [-0.25, -0.2) is 4.39 Å². The van der Waals surface area contributed by atoms with Gasteiger partial charge >= 0.3 is 0 Å². The first kappa shape index (κ1) is 23.0. The van der Waals surface area contributed by atoms with E-state index in [0.29, 0.717) is 66.5 Å². The minimum absolute atomic E-state index is 0.0153. The zero-order valence-electron chi connectivity index (χ0n) is 19.3. The van der Waals surface area contributed by atoms with Gasteiger partial charge in [0.15, 0.2) is 17.3 Å². The number of rotatable bonds is 7. The summed E-state index contributed by atoms with van der Waals surface area (Å²) in [5.41, 5.74) is 3.02. The molecule has 0 aliphatic carbocycles. The Bertz CT molecular complexity index is 1310. The highest BCUT2D eigenvalue weighted by Crippen LogP contribution is 2.33. The van der Waals surface area contributed by atoms with E-state index in [1.54, 1.807) is 31.4 Å². The van der Waals surface area contributed by atoms with Gasteiger partial charge in [-0.2, -0.15) is 5.10 Å². The molecule has 3 heterocycles. The molecule has 1 amide bonds. The molecule has 1 fully saturated rings. The van der Waals surface area contributed by atoms with Crippen molar-refractivity contribution >= 4 is 16.8 Å². The Kier molecular flexibility index (Phi) is 6.73. The largest absolute Gasteiger partial charge is 0.488 e. The lowest BCUT2D eigenvalue weighted by Crippen LogP contribution is -2.33. The van der Waals surface area contributed by atoms with Gasteiger partial charge in [-0.15, -0.1) is 0 Å². The molecule has 1 N–H and O–H groups in total. The molecule has 0 unspecified atom stereocenters. The number of aromatic nitrogens is 3. The number of H-pyrrole nitrogens is 1. The summed E-state index contributed by atoms with van der Waals surface area (Å²) in [6.45, 7) is 3.10. The Morgan fingerprint density at radius 3 is 2.83 bits per heavy atom. The summed E-state index contributed by atoms with van der Waals surface area (Å²) in [6, 6.07) is 11.9. The van der Waals surface area contributed by atoms with Crippen LogP contribution in [-0.4, -0.2) is 72.8 Å². The third-order valence-corrected chi connectivity index (χ3v) is 5.84. The lowest BCUT2D eigenvalue weighted by atomic mass is 10.1. The maximum atomic E-state index is 14.6. The van der Waals surface area contributed by atoms with Crippen LogP contribution in [0.2, 0.25) is 0 Å². The Hall–Kier alpha value is -3.76. The van der Waals surface area contributed by atoms with Crippen molar-refractivity contribution in [1.29, 1.82) is 0 Å². The van der Waals surface area contributed by atoms with Gasteiger partial charge in [0.1, 0.15) is 18.0 Å². The summed E-state index contributed by atoms with van der Waals surface area (Å²) in [6.07, 6.45) is 0.833. The van der Waals surface area contributed by atoms with E-state index in [1.165, 1.54) is 6.07 Å². The van der Waals surface area contributed by atoms with E-state index in [0.717, 1.165) is 12.0 Å². The zero-order valence-corrected chi connectivity index (χ0v) is 19.3. The molecule has 9 nitrogen and oxygen atoms in total. The molecule has 2 aromatic heterocycles. The molecular weight excluding hydrogens is 455 g/mol. The van der Waals surface area contributed by atoms with E-state index >= 15 is 0 Å². The predicted molar refractivity (Wildman–Crippen MR) is 126 cm³/mol. The van der Waals surface area contributed by atoms with Gasteiger partial charge in [0.05, 0.1) is 18.7 Å². The number of methoxy groups -OCH3 is 1. The minimum Gasteiger partial charge on any atom is -0.488 e. The molecule has 0 atom stereocenters. The fourth-order valence-corrected chi connectivity index (χ4v) is 3.99. The number of hydrogen-bond acceptors (Lipinski definition) is 7. The van der Waals surface area contributed by atoms with Gasteiger partial charge < -0.3 is 23.6 Å². The number of halogens is 1. The van der Waals surface area contributed by atoms with Crippen molar-refractivity contribution in [1.82, 2.24) is 20.3 Å². The summed E-state index contributed by atoms with van der Waals surface area (Å²) in [5, 5.41) is 11.9. The first-order chi connectivity index (χ1) is 17.1. The molecule has 5 rings (SSSR count). The van der Waals surface area contributed by atoms with E-state index in [-0.39, 0.29) is 18.3 Å². The molecule has 0 radical (unpaired) electrons. The van der Waals surface area contributed by atoms with Crippen LogP contribution in [-0.2, 0) is 9.47 Å². The second kappa shape index (κ2) is 10.2. The summed E-state index contributed by atoms with van der Waals surface area (Å²) < 4.78 is 35.9. The predicted octanol–water partition coefficient (Wildman–Crippen LogP) is 3.91. The molecule has 2 aromatic carbocycles. The zero-order chi connectivity index (χ0) is 24.2. The van der Waals surface area contributed by atoms with Crippen LogP contribution in [0.3, 0.4) is 0 Å². The van der Waals surface area contributed by atoms with Gasteiger partial charge in [-0.1, -0.05) is 17.3 Å². The fourth-order valence-electron chi connectivity index (χ4n) is 3.99. The molecule has 0 bridgehead atoms. The molecule has 0 saturated carbocycles. The SMILES string of the molecule is COCCOc1cc2[nH]nc(-c3cc(-c4ccc(C(=O)N5CCCOCC5)cc4)no3)c2cc1F. The number of nitrogens with zero attached hydrogens (tertiary/aromatic N) is 3. The standard InChI is InChI=1S/C25H25FN4O5/c1-32-11-12-34-22-15-21-18(13-19(22)26)24(28-27-21)23-14-20(29-35-23)16-3-5-17(6-4-16)25(31)30-7-2-9-33-10-8-30/h3-6,13-15H,2,7-12H2,1H3,(H,27,28). The van der Waals surface area contributed by atoms with E-state index in [1.807, 2.05) is 17.0 Å². The smallest absolute Gasteiger partial charge is 0.253 e. The number of amides is 1. The van der Waals surface area contributed by atoms with Crippen molar-refractivity contribution in [2.45, 2.75) is 6.42 Å². The third kappa shape index (κ3) is 4.89. The molecule has 4 aromatic rings. The Balaban J connectivity index is 1.34. The van der Waals surface area contributed by atoms with E-state index in [4.69, 9.17) is 18.7 Å². The molecule has 1 aliphatic rings. The number of nitrogens with one attached hydrogen (secondary N) is 1. The van der Waals surface area contributed by atoms with Gasteiger partial charge in [-0.05, 0) is 24.6 Å². The molecular formula is C25H25FN4O5. The van der Waals surface area contributed by atoms with E-state index in [2.05, 4.69) is 15.4 Å². The molecule has 0 spiro atoms. The number of carbonyl (C=O) groups is 1. The first-order valence-electron chi connectivity index (χ1n) is 11.4. The van der Waals surface area contributed by atoms with Gasteiger partial charge in [0, 0.05) is 55.5 Å². The van der Waals surface area contributed by atoms with Crippen LogP contribution < -0.4 is 4.74 Å². The highest BCUT2D eigenvalue weighted by Gasteiger charge is 2.19. The average Bonchev–Trinajstić information content (AvgIpc) is 3.42. The summed E-state index contributed by atoms with van der Waals surface area (Å²) in [7, 11) is 1.55. The minimum atomic E-state index is -0.507. The van der Waals surface area contributed by atoms with Crippen LogP contribution in [0, 0.1) is 5.82 Å². The van der Waals surface area contributed by atoms with Gasteiger partial charge in [-0.3, -0.25) is 9.89 Å². The lowest BCUT2D eigenvalue weighted by molar-refractivity contribution is 0.0741. The van der Waals surface area contributed by atoms with Crippen LogP contribution in [0.5, 0.6) is 5.75 Å². The van der Waals surface area contributed by atoms with Gasteiger partial charge in [0.2, 0.25) is 0 Å². The van der Waals surface area contributed by atoms with Crippen LogP contribution >= 0.6 is 0 Å². The van der Waals surface area contributed by atoms with Crippen molar-refractivity contribution < 1.29 is 27.9 Å². The molecule has 10 heteroatoms. The second-order valence-corrected chi connectivity index (χ2v) is 8.15. The maximum absolute atomic E-state index is 14.6. The quantitative estimate of drug-likeness (QED) is 0.400. The average molecular weight is 480 g/mol.